The van der Waals surface area contributed by atoms with E-state index in [2.05, 4.69) is 15.0 Å². The molecule has 1 unspecified atom stereocenters. The average molecular weight is 266 g/mol. The van der Waals surface area contributed by atoms with E-state index in [4.69, 9.17) is 4.42 Å². The second-order valence-electron chi connectivity index (χ2n) is 5.06. The summed E-state index contributed by atoms with van der Waals surface area (Å²) in [6.07, 6.45) is 2.50. The first-order chi connectivity index (χ1) is 9.22. The van der Waals surface area contributed by atoms with Crippen molar-refractivity contribution in [3.63, 3.8) is 0 Å². The molecule has 0 bridgehead atoms. The molecule has 19 heavy (non-hydrogen) atoms. The van der Waals surface area contributed by atoms with Crippen LogP contribution in [-0.2, 0) is 11.3 Å². The molecule has 1 aliphatic heterocycles. The molecule has 0 spiro atoms. The fraction of sp³-hybridized carbons (Fsp3) is 0.643. The Balaban J connectivity index is 1.89. The average Bonchev–Trinajstić information content (AvgIpc) is 2.87. The molecule has 106 valence electrons. The lowest BCUT2D eigenvalue weighted by atomic mass is 9.98. The first kappa shape index (κ1) is 14.1. The number of rotatable bonds is 5. The zero-order valence-corrected chi connectivity index (χ0v) is 11.6. The zero-order valence-electron chi connectivity index (χ0n) is 11.6. The molecule has 0 aliphatic carbocycles. The fourth-order valence-corrected chi connectivity index (χ4v) is 2.64. The van der Waals surface area contributed by atoms with E-state index in [0.29, 0.717) is 5.92 Å². The highest BCUT2D eigenvalue weighted by Crippen LogP contribution is 2.19. The summed E-state index contributed by atoms with van der Waals surface area (Å²) < 4.78 is 10.1. The SMILES string of the molecule is CNCC1CCCN(Cc2ccc(C(=O)OC)o2)C1. The Bertz CT molecular complexity index is 415. The molecular formula is C14H22N2O3. The van der Waals surface area contributed by atoms with Gasteiger partial charge in [-0.1, -0.05) is 0 Å². The number of esters is 1. The van der Waals surface area contributed by atoms with Crippen LogP contribution in [0.3, 0.4) is 0 Å². The van der Waals surface area contributed by atoms with Crippen LogP contribution in [0.15, 0.2) is 16.5 Å². The molecule has 1 fully saturated rings. The summed E-state index contributed by atoms with van der Waals surface area (Å²) in [5.74, 6) is 1.39. The molecular weight excluding hydrogens is 244 g/mol. The van der Waals surface area contributed by atoms with Gasteiger partial charge in [0.1, 0.15) is 5.76 Å². The smallest absolute Gasteiger partial charge is 0.373 e. The van der Waals surface area contributed by atoms with Crippen molar-refractivity contribution in [2.75, 3.05) is 33.8 Å². The Morgan fingerprint density at radius 2 is 2.42 bits per heavy atom. The number of carbonyl (C=O) groups is 1. The maximum absolute atomic E-state index is 11.3. The molecule has 0 radical (unpaired) electrons. The van der Waals surface area contributed by atoms with Crippen molar-refractivity contribution in [1.29, 1.82) is 0 Å². The lowest BCUT2D eigenvalue weighted by Crippen LogP contribution is -2.38. The molecule has 0 amide bonds. The zero-order chi connectivity index (χ0) is 13.7. The molecule has 1 N–H and O–H groups in total. The molecule has 1 saturated heterocycles. The highest BCUT2D eigenvalue weighted by Gasteiger charge is 2.20. The Morgan fingerprint density at radius 1 is 1.58 bits per heavy atom. The number of likely N-dealkylation sites (tertiary alicyclic amines) is 1. The third-order valence-electron chi connectivity index (χ3n) is 3.52. The van der Waals surface area contributed by atoms with Crippen LogP contribution in [0.2, 0.25) is 0 Å². The first-order valence-corrected chi connectivity index (χ1v) is 6.77. The van der Waals surface area contributed by atoms with Crippen LogP contribution in [0.5, 0.6) is 0 Å². The second kappa shape index (κ2) is 6.73. The van der Waals surface area contributed by atoms with Gasteiger partial charge in [-0.25, -0.2) is 4.79 Å². The van der Waals surface area contributed by atoms with Crippen molar-refractivity contribution in [1.82, 2.24) is 10.2 Å². The Morgan fingerprint density at radius 3 is 3.16 bits per heavy atom. The van der Waals surface area contributed by atoms with Gasteiger partial charge >= 0.3 is 5.97 Å². The van der Waals surface area contributed by atoms with Crippen LogP contribution in [0.25, 0.3) is 0 Å². The van der Waals surface area contributed by atoms with Crippen LogP contribution in [-0.4, -0.2) is 44.7 Å². The second-order valence-corrected chi connectivity index (χ2v) is 5.06. The van der Waals surface area contributed by atoms with Crippen LogP contribution in [0, 0.1) is 5.92 Å². The Kier molecular flexibility index (Phi) is 4.99. The number of methoxy groups -OCH3 is 1. The molecule has 5 heteroatoms. The minimum absolute atomic E-state index is 0.279. The summed E-state index contributed by atoms with van der Waals surface area (Å²) >= 11 is 0. The number of ether oxygens (including phenoxy) is 1. The molecule has 1 atom stereocenters. The van der Waals surface area contributed by atoms with Gasteiger partial charge in [0, 0.05) is 6.54 Å². The van der Waals surface area contributed by atoms with Crippen molar-refractivity contribution in [2.24, 2.45) is 5.92 Å². The molecule has 1 aromatic heterocycles. The van der Waals surface area contributed by atoms with Crippen molar-refractivity contribution in [3.05, 3.63) is 23.7 Å². The number of hydrogen-bond donors (Lipinski definition) is 1. The number of nitrogens with one attached hydrogen (secondary N) is 1. The first-order valence-electron chi connectivity index (χ1n) is 6.77. The minimum atomic E-state index is -0.419. The van der Waals surface area contributed by atoms with Crippen molar-refractivity contribution < 1.29 is 13.9 Å². The van der Waals surface area contributed by atoms with Crippen LogP contribution in [0.1, 0.15) is 29.2 Å². The standard InChI is InChI=1S/C14H22N2O3/c1-15-8-11-4-3-7-16(9-11)10-12-5-6-13(19-12)14(17)18-2/h5-6,11,15H,3-4,7-10H2,1-2H3. The summed E-state index contributed by atoms with van der Waals surface area (Å²) in [5, 5.41) is 3.24. The predicted molar refractivity (Wildman–Crippen MR) is 72.0 cm³/mol. The van der Waals surface area contributed by atoms with Crippen LogP contribution < -0.4 is 5.32 Å². The van der Waals surface area contributed by atoms with E-state index < -0.39 is 5.97 Å². The highest BCUT2D eigenvalue weighted by molar-refractivity contribution is 5.86. The van der Waals surface area contributed by atoms with E-state index in [1.54, 1.807) is 6.07 Å². The monoisotopic (exact) mass is 266 g/mol. The summed E-state index contributed by atoms with van der Waals surface area (Å²) in [6.45, 7) is 3.99. The van der Waals surface area contributed by atoms with Crippen molar-refractivity contribution >= 4 is 5.97 Å². The number of nitrogens with zero attached hydrogens (tertiary/aromatic N) is 1. The van der Waals surface area contributed by atoms with Gasteiger partial charge in [-0.3, -0.25) is 4.90 Å². The maximum Gasteiger partial charge on any atom is 0.373 e. The van der Waals surface area contributed by atoms with Crippen molar-refractivity contribution in [3.8, 4) is 0 Å². The Hall–Kier alpha value is -1.33. The van der Waals surface area contributed by atoms with Crippen LogP contribution in [0.4, 0.5) is 0 Å². The van der Waals surface area contributed by atoms with E-state index in [-0.39, 0.29) is 5.76 Å². The molecule has 1 aliphatic rings. The third kappa shape index (κ3) is 3.81. The van der Waals surface area contributed by atoms with Gasteiger partial charge < -0.3 is 14.5 Å². The molecule has 2 rings (SSSR count). The fourth-order valence-electron chi connectivity index (χ4n) is 2.64. The van der Waals surface area contributed by atoms with E-state index >= 15 is 0 Å². The lowest BCUT2D eigenvalue weighted by molar-refractivity contribution is 0.0560. The summed E-state index contributed by atoms with van der Waals surface area (Å²) in [7, 11) is 3.35. The van der Waals surface area contributed by atoms with E-state index in [0.717, 1.165) is 31.9 Å². The van der Waals surface area contributed by atoms with Gasteiger partial charge in [0.2, 0.25) is 5.76 Å². The van der Waals surface area contributed by atoms with Crippen LogP contribution >= 0.6 is 0 Å². The quantitative estimate of drug-likeness (QED) is 0.818. The molecule has 1 aromatic rings. The van der Waals surface area contributed by atoms with Gasteiger partial charge in [-0.2, -0.15) is 0 Å². The number of carbonyl (C=O) groups excluding carboxylic acids is 1. The number of hydrogen-bond acceptors (Lipinski definition) is 5. The topological polar surface area (TPSA) is 54.7 Å². The Labute approximate surface area is 113 Å². The highest BCUT2D eigenvalue weighted by atomic mass is 16.5. The lowest BCUT2D eigenvalue weighted by Gasteiger charge is -2.31. The van der Waals surface area contributed by atoms with E-state index in [9.17, 15) is 4.79 Å². The minimum Gasteiger partial charge on any atom is -0.463 e. The summed E-state index contributed by atoms with van der Waals surface area (Å²) in [6, 6.07) is 3.53. The summed E-state index contributed by atoms with van der Waals surface area (Å²) in [5.41, 5.74) is 0. The number of piperidine rings is 1. The molecule has 5 nitrogen and oxygen atoms in total. The normalized spacial score (nSPS) is 20.4. The maximum atomic E-state index is 11.3. The predicted octanol–water partition coefficient (Wildman–Crippen LogP) is 1.50. The van der Waals surface area contributed by atoms with E-state index in [1.807, 2.05) is 13.1 Å². The van der Waals surface area contributed by atoms with Gasteiger partial charge in [-0.15, -0.1) is 0 Å². The largest absolute Gasteiger partial charge is 0.463 e. The molecule has 0 saturated carbocycles. The number of furan rings is 1. The van der Waals surface area contributed by atoms with Gasteiger partial charge in [0.25, 0.3) is 0 Å². The summed E-state index contributed by atoms with van der Waals surface area (Å²) in [4.78, 5) is 13.7. The van der Waals surface area contributed by atoms with Gasteiger partial charge in [-0.05, 0) is 51.0 Å². The van der Waals surface area contributed by atoms with Gasteiger partial charge in [0.15, 0.2) is 0 Å². The third-order valence-corrected chi connectivity index (χ3v) is 3.52. The van der Waals surface area contributed by atoms with E-state index in [1.165, 1.54) is 20.0 Å². The molecule has 0 aromatic carbocycles. The van der Waals surface area contributed by atoms with Crippen molar-refractivity contribution in [2.45, 2.75) is 19.4 Å². The molecule has 2 heterocycles. The van der Waals surface area contributed by atoms with Gasteiger partial charge in [0.05, 0.1) is 13.7 Å².